The molecule has 1 fully saturated rings. The van der Waals surface area contributed by atoms with Crippen molar-refractivity contribution in [2.75, 3.05) is 6.61 Å². The summed E-state index contributed by atoms with van der Waals surface area (Å²) < 4.78 is 27.3. The molecule has 0 saturated heterocycles. The van der Waals surface area contributed by atoms with E-state index in [-0.39, 0.29) is 12.6 Å². The van der Waals surface area contributed by atoms with Gasteiger partial charge in [0.1, 0.15) is 0 Å². The largest absolute Gasteiger partial charge is 0.396 e. The molecule has 20 heavy (non-hydrogen) atoms. The van der Waals surface area contributed by atoms with Crippen molar-refractivity contribution in [2.24, 2.45) is 5.92 Å². The first-order chi connectivity index (χ1) is 9.53. The number of hydrogen-bond donors (Lipinski definition) is 2. The molecule has 2 rings (SSSR count). The lowest BCUT2D eigenvalue weighted by atomic mass is 9.81. The van der Waals surface area contributed by atoms with E-state index in [0.717, 1.165) is 24.8 Å². The van der Waals surface area contributed by atoms with Crippen LogP contribution >= 0.6 is 0 Å². The summed E-state index contributed by atoms with van der Waals surface area (Å²) >= 11 is 0. The summed E-state index contributed by atoms with van der Waals surface area (Å²) in [5, 5.41) is 8.79. The third-order valence-electron chi connectivity index (χ3n) is 4.06. The van der Waals surface area contributed by atoms with Gasteiger partial charge in [-0.1, -0.05) is 18.6 Å². The average Bonchev–Trinajstić information content (AvgIpc) is 2.34. The predicted molar refractivity (Wildman–Crippen MR) is 79.0 cm³/mol. The second-order valence-electron chi connectivity index (χ2n) is 5.57. The van der Waals surface area contributed by atoms with Gasteiger partial charge < -0.3 is 5.11 Å². The molecular weight excluding hydrogens is 274 g/mol. The molecule has 2 N–H and O–H groups in total. The van der Waals surface area contributed by atoms with Gasteiger partial charge in [-0.2, -0.15) is 0 Å². The Balaban J connectivity index is 2.01. The minimum Gasteiger partial charge on any atom is -0.396 e. The average molecular weight is 297 g/mol. The van der Waals surface area contributed by atoms with Crippen molar-refractivity contribution in [3.05, 3.63) is 29.8 Å². The Morgan fingerprint density at radius 3 is 2.45 bits per heavy atom. The normalized spacial score (nSPS) is 17.7. The monoisotopic (exact) mass is 297 g/mol. The standard InChI is InChI=1S/C15H23NO3S/c1-12(14-5-2-6-14)16-20(18,19)15-9-7-13(8-10-15)4-3-11-17/h7-10,12,14,16-17H,2-6,11H2,1H3. The van der Waals surface area contributed by atoms with Crippen LogP contribution in [0.5, 0.6) is 0 Å². The fourth-order valence-corrected chi connectivity index (χ4v) is 3.78. The van der Waals surface area contributed by atoms with E-state index in [1.807, 2.05) is 19.1 Å². The lowest BCUT2D eigenvalue weighted by Gasteiger charge is -2.31. The predicted octanol–water partition coefficient (Wildman–Crippen LogP) is 2.08. The highest BCUT2D eigenvalue weighted by atomic mass is 32.2. The van der Waals surface area contributed by atoms with Crippen LogP contribution in [0, 0.1) is 5.92 Å². The van der Waals surface area contributed by atoms with Crippen LogP contribution in [0.1, 0.15) is 38.2 Å². The van der Waals surface area contributed by atoms with Crippen LogP contribution in [-0.4, -0.2) is 26.2 Å². The molecule has 0 heterocycles. The van der Waals surface area contributed by atoms with Gasteiger partial charge in [0, 0.05) is 12.6 Å². The third-order valence-corrected chi connectivity index (χ3v) is 5.63. The smallest absolute Gasteiger partial charge is 0.240 e. The molecule has 1 atom stereocenters. The van der Waals surface area contributed by atoms with Crippen molar-refractivity contribution in [1.82, 2.24) is 4.72 Å². The van der Waals surface area contributed by atoms with Crippen molar-refractivity contribution in [3.8, 4) is 0 Å². The van der Waals surface area contributed by atoms with Crippen molar-refractivity contribution in [2.45, 2.75) is 50.0 Å². The minimum absolute atomic E-state index is 0.00261. The first-order valence-corrected chi connectivity index (χ1v) is 8.73. The zero-order valence-electron chi connectivity index (χ0n) is 11.9. The molecule has 5 heteroatoms. The first-order valence-electron chi connectivity index (χ1n) is 7.25. The maximum absolute atomic E-state index is 12.3. The number of rotatable bonds is 7. The summed E-state index contributed by atoms with van der Waals surface area (Å²) in [6.07, 6.45) is 4.90. The molecule has 0 spiro atoms. The number of sulfonamides is 1. The molecular formula is C15H23NO3S. The Labute approximate surface area is 121 Å². The molecule has 0 aromatic heterocycles. The summed E-state index contributed by atoms with van der Waals surface area (Å²) in [5.74, 6) is 0.480. The van der Waals surface area contributed by atoms with E-state index in [0.29, 0.717) is 17.2 Å². The van der Waals surface area contributed by atoms with Crippen LogP contribution in [0.4, 0.5) is 0 Å². The van der Waals surface area contributed by atoms with Crippen molar-refractivity contribution >= 4 is 10.0 Å². The second-order valence-corrected chi connectivity index (χ2v) is 7.29. The van der Waals surface area contributed by atoms with Gasteiger partial charge in [-0.05, 0) is 56.2 Å². The fraction of sp³-hybridized carbons (Fsp3) is 0.600. The third kappa shape index (κ3) is 3.81. The second kappa shape index (κ2) is 6.70. The summed E-state index contributed by atoms with van der Waals surface area (Å²) in [7, 11) is -3.42. The van der Waals surface area contributed by atoms with E-state index < -0.39 is 10.0 Å². The van der Waals surface area contributed by atoms with Gasteiger partial charge in [0.2, 0.25) is 10.0 Å². The molecule has 112 valence electrons. The van der Waals surface area contributed by atoms with Crippen LogP contribution < -0.4 is 4.72 Å². The quantitative estimate of drug-likeness (QED) is 0.810. The Kier molecular flexibility index (Phi) is 5.18. The summed E-state index contributed by atoms with van der Waals surface area (Å²) in [4.78, 5) is 0.316. The van der Waals surface area contributed by atoms with Crippen LogP contribution in [0.25, 0.3) is 0 Å². The molecule has 1 aliphatic rings. The fourth-order valence-electron chi connectivity index (χ4n) is 2.47. The number of aliphatic hydroxyl groups excluding tert-OH is 1. The molecule has 1 saturated carbocycles. The number of aliphatic hydroxyl groups is 1. The molecule has 0 radical (unpaired) electrons. The summed E-state index contributed by atoms with van der Waals surface area (Å²) in [5.41, 5.74) is 1.05. The van der Waals surface area contributed by atoms with Gasteiger partial charge >= 0.3 is 0 Å². The van der Waals surface area contributed by atoms with E-state index >= 15 is 0 Å². The Hall–Kier alpha value is -0.910. The van der Waals surface area contributed by atoms with Gasteiger partial charge in [0.05, 0.1) is 4.90 Å². The van der Waals surface area contributed by atoms with E-state index in [1.54, 1.807) is 12.1 Å². The van der Waals surface area contributed by atoms with E-state index in [4.69, 9.17) is 5.11 Å². The summed E-state index contributed by atoms with van der Waals surface area (Å²) in [6.45, 7) is 2.09. The topological polar surface area (TPSA) is 66.4 Å². The van der Waals surface area contributed by atoms with Gasteiger partial charge in [-0.3, -0.25) is 0 Å². The number of nitrogens with one attached hydrogen (secondary N) is 1. The molecule has 0 bridgehead atoms. The molecule has 0 aliphatic heterocycles. The molecule has 1 aromatic rings. The maximum Gasteiger partial charge on any atom is 0.240 e. The van der Waals surface area contributed by atoms with Crippen LogP contribution in [0.2, 0.25) is 0 Å². The lowest BCUT2D eigenvalue weighted by Crippen LogP contribution is -2.40. The highest BCUT2D eigenvalue weighted by Gasteiger charge is 2.27. The zero-order valence-corrected chi connectivity index (χ0v) is 12.7. The van der Waals surface area contributed by atoms with Crippen molar-refractivity contribution < 1.29 is 13.5 Å². The SMILES string of the molecule is CC(NS(=O)(=O)c1ccc(CCCO)cc1)C1CCC1. The zero-order chi connectivity index (χ0) is 14.6. The van der Waals surface area contributed by atoms with Gasteiger partial charge in [0.15, 0.2) is 0 Å². The van der Waals surface area contributed by atoms with Crippen LogP contribution in [0.15, 0.2) is 29.2 Å². The minimum atomic E-state index is -3.42. The number of aryl methyl sites for hydroxylation is 1. The van der Waals surface area contributed by atoms with E-state index in [9.17, 15) is 8.42 Å². The van der Waals surface area contributed by atoms with E-state index in [1.165, 1.54) is 6.42 Å². The van der Waals surface area contributed by atoms with E-state index in [2.05, 4.69) is 4.72 Å². The summed E-state index contributed by atoms with van der Waals surface area (Å²) in [6, 6.07) is 6.92. The Morgan fingerprint density at radius 1 is 1.30 bits per heavy atom. The molecule has 4 nitrogen and oxygen atoms in total. The highest BCUT2D eigenvalue weighted by molar-refractivity contribution is 7.89. The Morgan fingerprint density at radius 2 is 1.95 bits per heavy atom. The maximum atomic E-state index is 12.3. The van der Waals surface area contributed by atoms with Gasteiger partial charge in [-0.25, -0.2) is 13.1 Å². The first kappa shape index (κ1) is 15.5. The number of benzene rings is 1. The Bertz CT molecular complexity index is 521. The molecule has 1 aromatic carbocycles. The van der Waals surface area contributed by atoms with Crippen LogP contribution in [0.3, 0.4) is 0 Å². The van der Waals surface area contributed by atoms with Gasteiger partial charge in [0.25, 0.3) is 0 Å². The van der Waals surface area contributed by atoms with Crippen LogP contribution in [-0.2, 0) is 16.4 Å². The molecule has 1 unspecified atom stereocenters. The number of hydrogen-bond acceptors (Lipinski definition) is 3. The van der Waals surface area contributed by atoms with Crippen molar-refractivity contribution in [3.63, 3.8) is 0 Å². The molecule has 1 aliphatic carbocycles. The molecule has 0 amide bonds. The highest BCUT2D eigenvalue weighted by Crippen LogP contribution is 2.30. The van der Waals surface area contributed by atoms with Gasteiger partial charge in [-0.15, -0.1) is 0 Å². The van der Waals surface area contributed by atoms with Crippen molar-refractivity contribution in [1.29, 1.82) is 0 Å². The lowest BCUT2D eigenvalue weighted by molar-refractivity contribution is 0.260.